The van der Waals surface area contributed by atoms with Gasteiger partial charge in [0.1, 0.15) is 6.04 Å². The Labute approximate surface area is 101 Å². The molecule has 0 N–H and O–H groups in total. The van der Waals surface area contributed by atoms with Gasteiger partial charge < -0.3 is 4.42 Å². The van der Waals surface area contributed by atoms with Gasteiger partial charge in [0, 0.05) is 12.6 Å². The van der Waals surface area contributed by atoms with Crippen LogP contribution < -0.4 is 0 Å². The lowest BCUT2D eigenvalue weighted by molar-refractivity contribution is -0.141. The van der Waals surface area contributed by atoms with Crippen molar-refractivity contribution < 1.29 is 17.6 Å². The van der Waals surface area contributed by atoms with Crippen LogP contribution in [0.3, 0.4) is 0 Å². The normalized spacial score (nSPS) is 13.8. The molecule has 2 aromatic rings. The Bertz CT molecular complexity index is 531. The molecule has 0 radical (unpaired) electrons. The fourth-order valence-electron chi connectivity index (χ4n) is 1.40. The van der Waals surface area contributed by atoms with Crippen molar-refractivity contribution in [1.29, 1.82) is 0 Å². The molecule has 0 fully saturated rings. The summed E-state index contributed by atoms with van der Waals surface area (Å²) >= 11 is 0. The van der Waals surface area contributed by atoms with Gasteiger partial charge in [-0.25, -0.2) is 0 Å². The number of alkyl halides is 3. The molecule has 0 aliphatic rings. The minimum atomic E-state index is -4.45. The molecule has 0 aromatic carbocycles. The van der Waals surface area contributed by atoms with Crippen molar-refractivity contribution in [2.45, 2.75) is 32.5 Å². The fraction of sp³-hybridized carbons (Fsp3) is 0.500. The SMILES string of the molecule is CCc1nnc(C(C)n2ccc(C(F)(F)F)n2)o1. The van der Waals surface area contributed by atoms with Gasteiger partial charge in [0.2, 0.25) is 11.8 Å². The smallest absolute Gasteiger partial charge is 0.423 e. The highest BCUT2D eigenvalue weighted by Crippen LogP contribution is 2.28. The van der Waals surface area contributed by atoms with Gasteiger partial charge in [-0.2, -0.15) is 18.3 Å². The van der Waals surface area contributed by atoms with Crippen LogP contribution >= 0.6 is 0 Å². The van der Waals surface area contributed by atoms with Crippen LogP contribution in [0.25, 0.3) is 0 Å². The molecule has 98 valence electrons. The van der Waals surface area contributed by atoms with Gasteiger partial charge in [0.05, 0.1) is 0 Å². The van der Waals surface area contributed by atoms with E-state index in [4.69, 9.17) is 4.42 Å². The predicted molar refractivity (Wildman–Crippen MR) is 54.7 cm³/mol. The third-order valence-corrected chi connectivity index (χ3v) is 2.44. The van der Waals surface area contributed by atoms with Crippen LogP contribution in [0.5, 0.6) is 0 Å². The van der Waals surface area contributed by atoms with Gasteiger partial charge in [-0.05, 0) is 13.0 Å². The second-order valence-electron chi connectivity index (χ2n) is 3.74. The molecule has 1 atom stereocenters. The van der Waals surface area contributed by atoms with Gasteiger partial charge in [-0.15, -0.1) is 10.2 Å². The number of halogens is 3. The molecule has 18 heavy (non-hydrogen) atoms. The van der Waals surface area contributed by atoms with Crippen molar-refractivity contribution >= 4 is 0 Å². The summed E-state index contributed by atoms with van der Waals surface area (Å²) in [7, 11) is 0. The Hall–Kier alpha value is -1.86. The van der Waals surface area contributed by atoms with E-state index < -0.39 is 17.9 Å². The monoisotopic (exact) mass is 260 g/mol. The van der Waals surface area contributed by atoms with E-state index >= 15 is 0 Å². The summed E-state index contributed by atoms with van der Waals surface area (Å²) in [6.07, 6.45) is -2.63. The third-order valence-electron chi connectivity index (χ3n) is 2.44. The summed E-state index contributed by atoms with van der Waals surface area (Å²) in [5, 5.41) is 11.0. The summed E-state index contributed by atoms with van der Waals surface area (Å²) in [4.78, 5) is 0. The highest BCUT2D eigenvalue weighted by atomic mass is 19.4. The molecule has 1 unspecified atom stereocenters. The first-order chi connectivity index (χ1) is 8.41. The molecule has 0 aliphatic carbocycles. The van der Waals surface area contributed by atoms with E-state index in [-0.39, 0.29) is 5.89 Å². The van der Waals surface area contributed by atoms with Gasteiger partial charge in [0.15, 0.2) is 5.69 Å². The van der Waals surface area contributed by atoms with Crippen LogP contribution in [0.2, 0.25) is 0 Å². The number of nitrogens with zero attached hydrogens (tertiary/aromatic N) is 4. The number of rotatable bonds is 3. The minimum absolute atomic E-state index is 0.240. The lowest BCUT2D eigenvalue weighted by atomic mass is 10.3. The maximum absolute atomic E-state index is 12.4. The van der Waals surface area contributed by atoms with Gasteiger partial charge >= 0.3 is 6.18 Å². The average Bonchev–Trinajstić information content (AvgIpc) is 2.96. The topological polar surface area (TPSA) is 56.7 Å². The highest BCUT2D eigenvalue weighted by molar-refractivity contribution is 5.05. The predicted octanol–water partition coefficient (Wildman–Crippen LogP) is 2.46. The van der Waals surface area contributed by atoms with E-state index in [1.807, 2.05) is 6.92 Å². The van der Waals surface area contributed by atoms with Crippen molar-refractivity contribution in [1.82, 2.24) is 20.0 Å². The van der Waals surface area contributed by atoms with Gasteiger partial charge in [0.25, 0.3) is 0 Å². The van der Waals surface area contributed by atoms with Crippen molar-refractivity contribution in [2.75, 3.05) is 0 Å². The van der Waals surface area contributed by atoms with Gasteiger partial charge in [-0.3, -0.25) is 4.68 Å². The van der Waals surface area contributed by atoms with E-state index in [9.17, 15) is 13.2 Å². The molecular formula is C10H11F3N4O. The van der Waals surface area contributed by atoms with Crippen molar-refractivity contribution in [3.05, 3.63) is 29.7 Å². The van der Waals surface area contributed by atoms with Crippen molar-refractivity contribution in [3.63, 3.8) is 0 Å². The minimum Gasteiger partial charge on any atom is -0.423 e. The van der Waals surface area contributed by atoms with E-state index in [0.29, 0.717) is 12.3 Å². The van der Waals surface area contributed by atoms with E-state index in [1.54, 1.807) is 6.92 Å². The molecule has 0 aliphatic heterocycles. The standard InChI is InChI=1S/C10H11F3N4O/c1-3-8-14-15-9(18-8)6(2)17-5-4-7(16-17)10(11,12)13/h4-6H,3H2,1-2H3. The Balaban J connectivity index is 2.23. The summed E-state index contributed by atoms with van der Waals surface area (Å²) in [6.45, 7) is 3.48. The van der Waals surface area contributed by atoms with Crippen LogP contribution in [0.4, 0.5) is 13.2 Å². The molecule has 0 spiro atoms. The molecule has 2 rings (SSSR count). The quantitative estimate of drug-likeness (QED) is 0.850. The largest absolute Gasteiger partial charge is 0.435 e. The van der Waals surface area contributed by atoms with Crippen LogP contribution in [-0.2, 0) is 12.6 Å². The maximum atomic E-state index is 12.4. The zero-order valence-electron chi connectivity index (χ0n) is 9.77. The second kappa shape index (κ2) is 4.43. The molecule has 0 saturated heterocycles. The Morgan fingerprint density at radius 3 is 2.61 bits per heavy atom. The van der Waals surface area contributed by atoms with Crippen molar-refractivity contribution in [2.24, 2.45) is 0 Å². The molecule has 2 aromatic heterocycles. The Morgan fingerprint density at radius 1 is 1.39 bits per heavy atom. The van der Waals surface area contributed by atoms with Gasteiger partial charge in [-0.1, -0.05) is 6.92 Å². The van der Waals surface area contributed by atoms with E-state index in [1.165, 1.54) is 6.20 Å². The molecule has 5 nitrogen and oxygen atoms in total. The van der Waals surface area contributed by atoms with E-state index in [0.717, 1.165) is 10.7 Å². The molecular weight excluding hydrogens is 249 g/mol. The summed E-state index contributed by atoms with van der Waals surface area (Å²) < 4.78 is 43.6. The first kappa shape index (κ1) is 12.6. The number of hydrogen-bond acceptors (Lipinski definition) is 4. The summed E-state index contributed by atoms with van der Waals surface area (Å²) in [6, 6.07) is 0.377. The molecule has 2 heterocycles. The van der Waals surface area contributed by atoms with Crippen LogP contribution in [0.1, 0.15) is 37.4 Å². The summed E-state index contributed by atoms with van der Waals surface area (Å²) in [5.41, 5.74) is -0.940. The number of hydrogen-bond donors (Lipinski definition) is 0. The number of aromatic nitrogens is 4. The Kier molecular flexibility index (Phi) is 3.10. The van der Waals surface area contributed by atoms with Crippen LogP contribution in [-0.4, -0.2) is 20.0 Å². The zero-order valence-corrected chi connectivity index (χ0v) is 9.77. The highest BCUT2D eigenvalue weighted by Gasteiger charge is 2.34. The average molecular weight is 260 g/mol. The third kappa shape index (κ3) is 2.36. The van der Waals surface area contributed by atoms with E-state index in [2.05, 4.69) is 15.3 Å². The first-order valence-electron chi connectivity index (χ1n) is 5.36. The second-order valence-corrected chi connectivity index (χ2v) is 3.74. The first-order valence-corrected chi connectivity index (χ1v) is 5.36. The fourth-order valence-corrected chi connectivity index (χ4v) is 1.40. The summed E-state index contributed by atoms with van der Waals surface area (Å²) in [5.74, 6) is 0.684. The molecule has 8 heteroatoms. The molecule has 0 bridgehead atoms. The van der Waals surface area contributed by atoms with Crippen LogP contribution in [0.15, 0.2) is 16.7 Å². The molecule has 0 amide bonds. The lowest BCUT2D eigenvalue weighted by Gasteiger charge is -2.07. The maximum Gasteiger partial charge on any atom is 0.435 e. The lowest BCUT2D eigenvalue weighted by Crippen LogP contribution is -2.11. The number of aryl methyl sites for hydroxylation is 1. The van der Waals surface area contributed by atoms with Crippen LogP contribution in [0, 0.1) is 0 Å². The van der Waals surface area contributed by atoms with Crippen molar-refractivity contribution in [3.8, 4) is 0 Å². The Morgan fingerprint density at radius 2 is 2.11 bits per heavy atom. The molecule has 0 saturated carbocycles. The zero-order chi connectivity index (χ0) is 13.3.